The Balaban J connectivity index is 0. The molecule has 0 saturated heterocycles. The molecule has 0 saturated carbocycles. The Kier molecular flexibility index (Phi) is 8.29. The van der Waals surface area contributed by atoms with Gasteiger partial charge in [0.1, 0.15) is 5.78 Å². The van der Waals surface area contributed by atoms with Gasteiger partial charge in [0.2, 0.25) is 0 Å². The number of carboxylic acid groups (broad SMARTS) is 1. The van der Waals surface area contributed by atoms with Gasteiger partial charge in [-0.1, -0.05) is 0 Å². The molecule has 66 valence electrons. The molecule has 1 atom stereocenters. The first-order valence-corrected chi connectivity index (χ1v) is 2.90. The highest BCUT2D eigenvalue weighted by atomic mass is 16.4. The molecule has 0 aliphatic heterocycles. The second-order valence-corrected chi connectivity index (χ2v) is 1.94. The number of carbonyl (C=O) groups is 2. The summed E-state index contributed by atoms with van der Waals surface area (Å²) in [4.78, 5) is 19.0. The second kappa shape index (κ2) is 7.17. The van der Waals surface area contributed by atoms with Crippen LogP contribution in [0.15, 0.2) is 0 Å². The summed E-state index contributed by atoms with van der Waals surface area (Å²) in [6, 6.07) is 0. The second-order valence-electron chi connectivity index (χ2n) is 1.94. The molecule has 11 heavy (non-hydrogen) atoms. The van der Waals surface area contributed by atoms with Gasteiger partial charge in [-0.3, -0.25) is 0 Å². The van der Waals surface area contributed by atoms with E-state index in [9.17, 15) is 9.59 Å². The van der Waals surface area contributed by atoms with Gasteiger partial charge in [0.25, 0.3) is 0 Å². The molecule has 0 amide bonds. The molecule has 0 spiro atoms. The van der Waals surface area contributed by atoms with Crippen LogP contribution < -0.4 is 0 Å². The molecule has 0 unspecified atom stereocenters. The number of carbonyl (C=O) groups excluding carboxylic acids is 1. The largest absolute Gasteiger partial charge is 0.479 e. The zero-order chi connectivity index (χ0) is 9.44. The van der Waals surface area contributed by atoms with Crippen LogP contribution in [0.1, 0.15) is 13.8 Å². The van der Waals surface area contributed by atoms with Gasteiger partial charge >= 0.3 is 5.97 Å². The van der Waals surface area contributed by atoms with Crippen LogP contribution in [-0.2, 0) is 9.59 Å². The van der Waals surface area contributed by atoms with Gasteiger partial charge in [0.05, 0.1) is 6.61 Å². The number of aliphatic hydroxyl groups is 2. The number of aliphatic carboxylic acids is 1. The van der Waals surface area contributed by atoms with E-state index in [1.165, 1.54) is 13.8 Å². The summed E-state index contributed by atoms with van der Waals surface area (Å²) in [6.45, 7) is 2.33. The van der Waals surface area contributed by atoms with E-state index in [2.05, 4.69) is 0 Å². The lowest BCUT2D eigenvalue weighted by Gasteiger charge is -1.95. The normalized spacial score (nSPS) is 10.9. The van der Waals surface area contributed by atoms with Gasteiger partial charge in [-0.2, -0.15) is 0 Å². The van der Waals surface area contributed by atoms with Gasteiger partial charge in [-0.15, -0.1) is 0 Å². The lowest BCUT2D eigenvalue weighted by Crippen LogP contribution is -2.22. The van der Waals surface area contributed by atoms with E-state index in [0.717, 1.165) is 0 Å². The molecule has 3 N–H and O–H groups in total. The van der Waals surface area contributed by atoms with Crippen molar-refractivity contribution in [1.29, 1.82) is 0 Å². The highest BCUT2D eigenvalue weighted by molar-refractivity contribution is 5.72. The molecule has 0 aromatic carbocycles. The van der Waals surface area contributed by atoms with E-state index in [1.807, 2.05) is 0 Å². The number of hydrogen-bond acceptors (Lipinski definition) is 4. The number of rotatable bonds is 2. The maximum atomic E-state index is 9.52. The lowest BCUT2D eigenvalue weighted by atomic mass is 10.4. The monoisotopic (exact) mass is 164 g/mol. The Bertz CT molecular complexity index is 127. The summed E-state index contributed by atoms with van der Waals surface area (Å²) in [5.74, 6) is -1.23. The van der Waals surface area contributed by atoms with Gasteiger partial charge in [0, 0.05) is 0 Å². The number of carboxylic acids is 1. The highest BCUT2D eigenvalue weighted by Gasteiger charge is 2.08. The summed E-state index contributed by atoms with van der Waals surface area (Å²) in [5.41, 5.74) is 0. The van der Waals surface area contributed by atoms with Crippen molar-refractivity contribution >= 4 is 11.8 Å². The molecule has 5 nitrogen and oxygen atoms in total. The van der Waals surface area contributed by atoms with Crippen LogP contribution in [0.3, 0.4) is 0 Å². The molecule has 5 heteroatoms. The van der Waals surface area contributed by atoms with Crippen molar-refractivity contribution in [2.45, 2.75) is 20.0 Å². The summed E-state index contributed by atoms with van der Waals surface area (Å²) >= 11 is 0. The average Bonchev–Trinajstić information content (AvgIpc) is 1.85. The van der Waals surface area contributed by atoms with Gasteiger partial charge < -0.3 is 20.1 Å². The van der Waals surface area contributed by atoms with Crippen molar-refractivity contribution < 1.29 is 24.9 Å². The topological polar surface area (TPSA) is 94.8 Å². The minimum Gasteiger partial charge on any atom is -0.479 e. The molecular formula is C6H12O5. The minimum atomic E-state index is -1.63. The molecule has 0 aromatic heterocycles. The first-order valence-electron chi connectivity index (χ1n) is 2.90. The van der Waals surface area contributed by atoms with Crippen LogP contribution >= 0.6 is 0 Å². The molecule has 0 aromatic rings. The van der Waals surface area contributed by atoms with Crippen LogP contribution in [0.2, 0.25) is 0 Å². The van der Waals surface area contributed by atoms with Gasteiger partial charge in [-0.25, -0.2) is 4.79 Å². The predicted molar refractivity (Wildman–Crippen MR) is 37.1 cm³/mol. The standard InChI is InChI=1S/C3H6O4.C3H6O/c4-1-2(5)3(6)7;1-3(2)4/h2,4-5H,1H2,(H,6,7);1-2H3/t2-;/m1./s1. The molecule has 0 rings (SSSR count). The van der Waals surface area contributed by atoms with Crippen molar-refractivity contribution in [2.75, 3.05) is 6.61 Å². The SMILES string of the molecule is CC(C)=O.O=C(O)[C@H](O)CO. The van der Waals surface area contributed by atoms with Crippen molar-refractivity contribution in [3.05, 3.63) is 0 Å². The quantitative estimate of drug-likeness (QED) is 0.487. The summed E-state index contributed by atoms with van der Waals surface area (Å²) in [7, 11) is 0. The third kappa shape index (κ3) is 17.6. The van der Waals surface area contributed by atoms with Crippen molar-refractivity contribution in [2.24, 2.45) is 0 Å². The third-order valence-corrected chi connectivity index (χ3v) is 0.458. The predicted octanol–water partition coefficient (Wildman–Crippen LogP) is -0.980. The zero-order valence-electron chi connectivity index (χ0n) is 6.44. The van der Waals surface area contributed by atoms with Crippen LogP contribution in [-0.4, -0.2) is 39.8 Å². The van der Waals surface area contributed by atoms with Crippen LogP contribution in [0, 0.1) is 0 Å². The fraction of sp³-hybridized carbons (Fsp3) is 0.667. The third-order valence-electron chi connectivity index (χ3n) is 0.458. The van der Waals surface area contributed by atoms with Crippen molar-refractivity contribution in [1.82, 2.24) is 0 Å². The summed E-state index contributed by atoms with van der Waals surface area (Å²) in [6.07, 6.45) is -1.63. The molecule has 0 aliphatic carbocycles. The van der Waals surface area contributed by atoms with Crippen molar-refractivity contribution in [3.8, 4) is 0 Å². The molecule has 0 fully saturated rings. The fourth-order valence-corrected chi connectivity index (χ4v) is 0.0781. The smallest absolute Gasteiger partial charge is 0.334 e. The maximum Gasteiger partial charge on any atom is 0.334 e. The molecule has 0 bridgehead atoms. The van der Waals surface area contributed by atoms with Crippen LogP contribution in [0.25, 0.3) is 0 Å². The Morgan fingerprint density at radius 1 is 1.36 bits per heavy atom. The number of hydrogen-bond donors (Lipinski definition) is 3. The van der Waals surface area contributed by atoms with Crippen molar-refractivity contribution in [3.63, 3.8) is 0 Å². The fourth-order valence-electron chi connectivity index (χ4n) is 0.0781. The molecule has 0 heterocycles. The van der Waals surface area contributed by atoms with Gasteiger partial charge in [0.15, 0.2) is 6.10 Å². The summed E-state index contributed by atoms with van der Waals surface area (Å²) < 4.78 is 0. The average molecular weight is 164 g/mol. The van der Waals surface area contributed by atoms with E-state index < -0.39 is 18.7 Å². The van der Waals surface area contributed by atoms with Crippen LogP contribution in [0.4, 0.5) is 0 Å². The van der Waals surface area contributed by atoms with E-state index in [-0.39, 0.29) is 5.78 Å². The number of ketones is 1. The highest BCUT2D eigenvalue weighted by Crippen LogP contribution is 1.75. The Labute approximate surface area is 64.3 Å². The van der Waals surface area contributed by atoms with E-state index >= 15 is 0 Å². The van der Waals surface area contributed by atoms with Crippen LogP contribution in [0.5, 0.6) is 0 Å². The Morgan fingerprint density at radius 2 is 1.64 bits per heavy atom. The van der Waals surface area contributed by atoms with E-state index in [1.54, 1.807) is 0 Å². The zero-order valence-corrected chi connectivity index (χ0v) is 6.44. The lowest BCUT2D eigenvalue weighted by molar-refractivity contribution is -0.148. The Morgan fingerprint density at radius 3 is 1.64 bits per heavy atom. The Hall–Kier alpha value is -0.940. The van der Waals surface area contributed by atoms with Gasteiger partial charge in [-0.05, 0) is 13.8 Å². The first-order chi connectivity index (χ1) is 4.91. The molecule has 0 radical (unpaired) electrons. The molecular weight excluding hydrogens is 152 g/mol. The summed E-state index contributed by atoms with van der Waals surface area (Å²) in [5, 5.41) is 23.7. The minimum absolute atomic E-state index is 0.167. The maximum absolute atomic E-state index is 9.52. The van der Waals surface area contributed by atoms with E-state index in [4.69, 9.17) is 15.3 Å². The first kappa shape index (κ1) is 12.7. The molecule has 0 aliphatic rings. The number of aliphatic hydroxyl groups excluding tert-OH is 2. The van der Waals surface area contributed by atoms with E-state index in [0.29, 0.717) is 0 Å². The number of Topliss-reactive ketones (excluding diaryl/α,β-unsaturated/α-hetero) is 1.